The molecular weight excluding hydrogens is 232 g/mol. The second-order valence-corrected chi connectivity index (χ2v) is 5.86. The van der Waals surface area contributed by atoms with Gasteiger partial charge in [0.25, 0.3) is 0 Å². The first-order valence-corrected chi connectivity index (χ1v) is 6.68. The summed E-state index contributed by atoms with van der Waals surface area (Å²) in [6.45, 7) is 8.95. The lowest BCUT2D eigenvalue weighted by Crippen LogP contribution is -2.51. The van der Waals surface area contributed by atoms with Gasteiger partial charge in [0.15, 0.2) is 0 Å². The molecule has 0 radical (unpaired) electrons. The minimum Gasteiger partial charge on any atom is -0.389 e. The molecule has 1 saturated heterocycles. The lowest BCUT2D eigenvalue weighted by Gasteiger charge is -2.32. The van der Waals surface area contributed by atoms with Crippen LogP contribution in [0.2, 0.25) is 0 Å². The van der Waals surface area contributed by atoms with Crippen molar-refractivity contribution in [1.82, 2.24) is 10.2 Å². The highest BCUT2D eigenvalue weighted by Crippen LogP contribution is 2.12. The number of hydrogen-bond donors (Lipinski definition) is 2. The molecule has 1 fully saturated rings. The Morgan fingerprint density at radius 1 is 1.56 bits per heavy atom. The van der Waals surface area contributed by atoms with Crippen molar-refractivity contribution >= 4 is 6.03 Å². The van der Waals surface area contributed by atoms with Crippen LogP contribution in [-0.2, 0) is 4.74 Å². The summed E-state index contributed by atoms with van der Waals surface area (Å²) >= 11 is 0. The number of urea groups is 1. The lowest BCUT2D eigenvalue weighted by atomic mass is 10.1. The number of nitrogens with one attached hydrogen (secondary N) is 1. The van der Waals surface area contributed by atoms with Crippen LogP contribution in [0.1, 0.15) is 40.5 Å². The molecule has 0 aromatic carbocycles. The van der Waals surface area contributed by atoms with Gasteiger partial charge in [-0.05, 0) is 40.5 Å². The third kappa shape index (κ3) is 5.23. The molecule has 1 aliphatic heterocycles. The first-order chi connectivity index (χ1) is 8.29. The third-order valence-electron chi connectivity index (χ3n) is 2.95. The zero-order valence-corrected chi connectivity index (χ0v) is 11.9. The summed E-state index contributed by atoms with van der Waals surface area (Å²) in [6, 6.07) is -0.0800. The lowest BCUT2D eigenvalue weighted by molar-refractivity contribution is 0.0377. The molecule has 1 heterocycles. The summed E-state index contributed by atoms with van der Waals surface area (Å²) in [7, 11) is 0. The molecule has 0 aromatic rings. The topological polar surface area (TPSA) is 61.8 Å². The minimum absolute atomic E-state index is 0.0564. The Labute approximate surface area is 109 Å². The summed E-state index contributed by atoms with van der Waals surface area (Å²) in [5.74, 6) is 0. The van der Waals surface area contributed by atoms with Gasteiger partial charge in [-0.25, -0.2) is 4.79 Å². The third-order valence-corrected chi connectivity index (χ3v) is 2.95. The van der Waals surface area contributed by atoms with Crippen molar-refractivity contribution in [2.45, 2.75) is 58.3 Å². The van der Waals surface area contributed by atoms with E-state index in [2.05, 4.69) is 5.32 Å². The van der Waals surface area contributed by atoms with Gasteiger partial charge in [-0.1, -0.05) is 0 Å². The van der Waals surface area contributed by atoms with E-state index < -0.39 is 5.60 Å². The van der Waals surface area contributed by atoms with Crippen molar-refractivity contribution in [2.24, 2.45) is 0 Å². The van der Waals surface area contributed by atoms with Crippen molar-refractivity contribution in [3.8, 4) is 0 Å². The normalized spacial score (nSPS) is 20.2. The number of carbonyl (C=O) groups excluding carboxylic acids is 1. The summed E-state index contributed by atoms with van der Waals surface area (Å²) in [5.41, 5.74) is -0.883. The van der Waals surface area contributed by atoms with Crippen molar-refractivity contribution in [3.05, 3.63) is 0 Å². The van der Waals surface area contributed by atoms with E-state index in [1.165, 1.54) is 0 Å². The van der Waals surface area contributed by atoms with Gasteiger partial charge in [0.2, 0.25) is 0 Å². The number of rotatable bonds is 5. The Bertz CT molecular complexity index is 268. The summed E-state index contributed by atoms with van der Waals surface area (Å²) in [6.07, 6.45) is 2.22. The molecule has 5 nitrogen and oxygen atoms in total. The molecule has 106 valence electrons. The van der Waals surface area contributed by atoms with Crippen molar-refractivity contribution in [3.63, 3.8) is 0 Å². The van der Waals surface area contributed by atoms with Crippen molar-refractivity contribution < 1.29 is 14.6 Å². The Hall–Kier alpha value is -0.810. The standard InChI is InChI=1S/C13H26N2O3/c1-10(2)15(9-13(3,4)17)12(16)14-8-11-6-5-7-18-11/h10-11,17H,5-9H2,1-4H3,(H,14,16)/t11-/m0/s1. The molecule has 2 amide bonds. The summed E-state index contributed by atoms with van der Waals surface area (Å²) in [5, 5.41) is 12.7. The number of ether oxygens (including phenoxy) is 1. The van der Waals surface area contributed by atoms with E-state index in [0.717, 1.165) is 19.4 Å². The highest BCUT2D eigenvalue weighted by molar-refractivity contribution is 5.74. The molecule has 0 bridgehead atoms. The van der Waals surface area contributed by atoms with Crippen LogP contribution in [0.3, 0.4) is 0 Å². The minimum atomic E-state index is -0.883. The first-order valence-electron chi connectivity index (χ1n) is 6.68. The molecule has 1 atom stereocenters. The van der Waals surface area contributed by atoms with Crippen LogP contribution >= 0.6 is 0 Å². The molecule has 1 aliphatic rings. The van der Waals surface area contributed by atoms with Gasteiger partial charge in [-0.2, -0.15) is 0 Å². The zero-order chi connectivity index (χ0) is 13.8. The Balaban J connectivity index is 2.43. The average molecular weight is 258 g/mol. The molecule has 1 rings (SSSR count). The van der Waals surface area contributed by atoms with E-state index >= 15 is 0 Å². The predicted molar refractivity (Wildman–Crippen MR) is 70.5 cm³/mol. The largest absolute Gasteiger partial charge is 0.389 e. The van der Waals surface area contributed by atoms with Crippen LogP contribution in [0, 0.1) is 0 Å². The highest BCUT2D eigenvalue weighted by atomic mass is 16.5. The van der Waals surface area contributed by atoms with Gasteiger partial charge in [0, 0.05) is 19.2 Å². The summed E-state index contributed by atoms with van der Waals surface area (Å²) in [4.78, 5) is 13.7. The fourth-order valence-electron chi connectivity index (χ4n) is 2.01. The smallest absolute Gasteiger partial charge is 0.317 e. The van der Waals surface area contributed by atoms with Crippen LogP contribution in [0.5, 0.6) is 0 Å². The number of carbonyl (C=O) groups is 1. The van der Waals surface area contributed by atoms with E-state index in [1.807, 2.05) is 13.8 Å². The van der Waals surface area contributed by atoms with Gasteiger partial charge in [0.1, 0.15) is 0 Å². The Kier molecular flexibility index (Phi) is 5.41. The van der Waals surface area contributed by atoms with Gasteiger partial charge >= 0.3 is 6.03 Å². The highest BCUT2D eigenvalue weighted by Gasteiger charge is 2.25. The Morgan fingerprint density at radius 3 is 2.67 bits per heavy atom. The molecule has 5 heteroatoms. The number of aliphatic hydroxyl groups is 1. The second-order valence-electron chi connectivity index (χ2n) is 5.86. The first kappa shape index (κ1) is 15.2. The fraction of sp³-hybridized carbons (Fsp3) is 0.923. The predicted octanol–water partition coefficient (Wildman–Crippen LogP) is 1.36. The molecule has 18 heavy (non-hydrogen) atoms. The van der Waals surface area contributed by atoms with Gasteiger partial charge in [-0.15, -0.1) is 0 Å². The van der Waals surface area contributed by atoms with E-state index in [9.17, 15) is 9.90 Å². The average Bonchev–Trinajstić information content (AvgIpc) is 2.73. The van der Waals surface area contributed by atoms with Gasteiger partial charge in [0.05, 0.1) is 18.2 Å². The van der Waals surface area contributed by atoms with E-state index in [-0.39, 0.29) is 18.2 Å². The Morgan fingerprint density at radius 2 is 2.22 bits per heavy atom. The van der Waals surface area contributed by atoms with Crippen molar-refractivity contribution in [1.29, 1.82) is 0 Å². The second kappa shape index (κ2) is 6.38. The van der Waals surface area contributed by atoms with Crippen LogP contribution in [0.25, 0.3) is 0 Å². The molecule has 0 spiro atoms. The number of amides is 2. The fourth-order valence-corrected chi connectivity index (χ4v) is 2.01. The van der Waals surface area contributed by atoms with Crippen LogP contribution in [0.4, 0.5) is 4.79 Å². The van der Waals surface area contributed by atoms with Crippen LogP contribution in [0.15, 0.2) is 0 Å². The van der Waals surface area contributed by atoms with E-state index in [0.29, 0.717) is 13.1 Å². The molecule has 2 N–H and O–H groups in total. The zero-order valence-electron chi connectivity index (χ0n) is 11.9. The van der Waals surface area contributed by atoms with E-state index in [4.69, 9.17) is 4.74 Å². The maximum atomic E-state index is 12.1. The number of nitrogens with zero attached hydrogens (tertiary/aromatic N) is 1. The molecule has 0 saturated carbocycles. The molecule has 0 aliphatic carbocycles. The molecule has 0 unspecified atom stereocenters. The number of hydrogen-bond acceptors (Lipinski definition) is 3. The molecular formula is C13H26N2O3. The maximum absolute atomic E-state index is 12.1. The SMILES string of the molecule is CC(C)N(CC(C)(C)O)C(=O)NC[C@@H]1CCCO1. The van der Waals surface area contributed by atoms with E-state index in [1.54, 1.807) is 18.7 Å². The maximum Gasteiger partial charge on any atom is 0.317 e. The van der Waals surface area contributed by atoms with Gasteiger partial charge < -0.3 is 20.1 Å². The quantitative estimate of drug-likeness (QED) is 0.782. The van der Waals surface area contributed by atoms with Crippen molar-refractivity contribution in [2.75, 3.05) is 19.7 Å². The van der Waals surface area contributed by atoms with Crippen LogP contribution < -0.4 is 5.32 Å². The van der Waals surface area contributed by atoms with Gasteiger partial charge in [-0.3, -0.25) is 0 Å². The monoisotopic (exact) mass is 258 g/mol. The summed E-state index contributed by atoms with van der Waals surface area (Å²) < 4.78 is 5.46. The van der Waals surface area contributed by atoms with Crippen LogP contribution in [-0.4, -0.2) is 53.5 Å². The molecule has 0 aromatic heterocycles.